The highest BCUT2D eigenvalue weighted by atomic mass is 32.2. The number of sulfonamides is 1. The first-order chi connectivity index (χ1) is 11.8. The largest absolute Gasteiger partial charge is 0.264 e. The molecule has 25 heavy (non-hydrogen) atoms. The van der Waals surface area contributed by atoms with E-state index in [4.69, 9.17) is 0 Å². The van der Waals surface area contributed by atoms with Crippen LogP contribution in [0.15, 0.2) is 53.7 Å². The van der Waals surface area contributed by atoms with Crippen LogP contribution in [0.3, 0.4) is 0 Å². The first-order valence-electron chi connectivity index (χ1n) is 7.26. The molecule has 6 nitrogen and oxygen atoms in total. The molecule has 0 fully saturated rings. The average molecular weight is 364 g/mol. The molecule has 0 atom stereocenters. The van der Waals surface area contributed by atoms with Crippen molar-refractivity contribution in [3.63, 3.8) is 0 Å². The van der Waals surface area contributed by atoms with E-state index in [0.717, 1.165) is 23.3 Å². The van der Waals surface area contributed by atoms with Gasteiger partial charge in [-0.2, -0.15) is 4.98 Å². The van der Waals surface area contributed by atoms with E-state index in [0.29, 0.717) is 12.6 Å². The van der Waals surface area contributed by atoms with E-state index in [9.17, 15) is 17.2 Å². The van der Waals surface area contributed by atoms with Gasteiger partial charge in [-0.15, -0.1) is 5.10 Å². The van der Waals surface area contributed by atoms with Crippen LogP contribution in [0.25, 0.3) is 0 Å². The van der Waals surface area contributed by atoms with Crippen LogP contribution >= 0.6 is 0 Å². The van der Waals surface area contributed by atoms with E-state index in [2.05, 4.69) is 14.8 Å². The molecule has 0 saturated carbocycles. The van der Waals surface area contributed by atoms with Crippen LogP contribution in [0.2, 0.25) is 0 Å². The van der Waals surface area contributed by atoms with Crippen molar-refractivity contribution < 1.29 is 17.2 Å². The summed E-state index contributed by atoms with van der Waals surface area (Å²) in [7, 11) is -4.11. The van der Waals surface area contributed by atoms with Gasteiger partial charge in [-0.05, 0) is 30.7 Å². The summed E-state index contributed by atoms with van der Waals surface area (Å²) in [5, 5.41) is 4.03. The van der Waals surface area contributed by atoms with E-state index in [-0.39, 0.29) is 5.95 Å². The van der Waals surface area contributed by atoms with Crippen LogP contribution in [0.5, 0.6) is 0 Å². The minimum atomic E-state index is -4.11. The average Bonchev–Trinajstić information content (AvgIpc) is 2.96. The highest BCUT2D eigenvalue weighted by Crippen LogP contribution is 2.16. The molecule has 0 radical (unpaired) electrons. The van der Waals surface area contributed by atoms with Crippen molar-refractivity contribution in [3.05, 3.63) is 71.6 Å². The molecule has 0 spiro atoms. The fourth-order valence-corrected chi connectivity index (χ4v) is 3.20. The Labute approximate surface area is 143 Å². The molecule has 0 aliphatic heterocycles. The maximum Gasteiger partial charge on any atom is 0.264 e. The van der Waals surface area contributed by atoms with Crippen molar-refractivity contribution in [1.29, 1.82) is 0 Å². The van der Waals surface area contributed by atoms with Gasteiger partial charge in [-0.1, -0.05) is 29.8 Å². The van der Waals surface area contributed by atoms with Gasteiger partial charge in [-0.25, -0.2) is 26.6 Å². The Morgan fingerprint density at radius 1 is 1.12 bits per heavy atom. The van der Waals surface area contributed by atoms with Crippen LogP contribution < -0.4 is 4.72 Å². The van der Waals surface area contributed by atoms with Gasteiger partial charge in [0.1, 0.15) is 6.33 Å². The highest BCUT2D eigenvalue weighted by molar-refractivity contribution is 7.92. The molecule has 0 unspecified atom stereocenters. The van der Waals surface area contributed by atoms with Gasteiger partial charge in [0.25, 0.3) is 16.0 Å². The molecular weight excluding hydrogens is 350 g/mol. The second-order valence-corrected chi connectivity index (χ2v) is 7.12. The van der Waals surface area contributed by atoms with E-state index in [1.54, 1.807) is 0 Å². The van der Waals surface area contributed by atoms with E-state index in [1.807, 2.05) is 31.2 Å². The Kier molecular flexibility index (Phi) is 4.49. The lowest BCUT2D eigenvalue weighted by molar-refractivity contribution is 0.504. The number of nitrogens with one attached hydrogen (secondary N) is 1. The fraction of sp³-hybridized carbons (Fsp3) is 0.125. The summed E-state index contributed by atoms with van der Waals surface area (Å²) in [6.45, 7) is 2.38. The summed E-state index contributed by atoms with van der Waals surface area (Å²) in [5.41, 5.74) is 2.08. The van der Waals surface area contributed by atoms with Crippen molar-refractivity contribution >= 4 is 16.0 Å². The number of hydrogen-bond acceptors (Lipinski definition) is 4. The molecule has 1 heterocycles. The first-order valence-corrected chi connectivity index (χ1v) is 8.75. The van der Waals surface area contributed by atoms with Crippen molar-refractivity contribution in [2.24, 2.45) is 0 Å². The molecule has 1 N–H and O–H groups in total. The number of halogens is 2. The number of hydrogen-bond donors (Lipinski definition) is 1. The lowest BCUT2D eigenvalue weighted by atomic mass is 10.1. The minimum Gasteiger partial charge on any atom is -0.246 e. The van der Waals surface area contributed by atoms with Gasteiger partial charge in [-0.3, -0.25) is 0 Å². The summed E-state index contributed by atoms with van der Waals surface area (Å²) in [5.74, 6) is -2.53. The number of anilines is 1. The van der Waals surface area contributed by atoms with E-state index >= 15 is 0 Å². The van der Waals surface area contributed by atoms with Gasteiger partial charge in [0.05, 0.1) is 11.4 Å². The monoisotopic (exact) mass is 364 g/mol. The Balaban J connectivity index is 1.77. The quantitative estimate of drug-likeness (QED) is 0.755. The smallest absolute Gasteiger partial charge is 0.246 e. The van der Waals surface area contributed by atoms with Crippen molar-refractivity contribution in [2.75, 3.05) is 4.72 Å². The summed E-state index contributed by atoms with van der Waals surface area (Å²) in [4.78, 5) is 3.46. The maximum atomic E-state index is 13.2. The molecule has 0 aliphatic rings. The minimum absolute atomic E-state index is 0.155. The molecule has 0 aliphatic carbocycles. The molecule has 2 aromatic carbocycles. The van der Waals surface area contributed by atoms with Gasteiger partial charge < -0.3 is 0 Å². The van der Waals surface area contributed by atoms with Crippen LogP contribution in [-0.4, -0.2) is 23.2 Å². The number of rotatable bonds is 5. The third kappa shape index (κ3) is 4.00. The van der Waals surface area contributed by atoms with Crippen molar-refractivity contribution in [1.82, 2.24) is 14.8 Å². The zero-order valence-electron chi connectivity index (χ0n) is 13.1. The van der Waals surface area contributed by atoms with Crippen LogP contribution in [0.1, 0.15) is 11.1 Å². The van der Waals surface area contributed by atoms with Crippen LogP contribution in [0, 0.1) is 18.6 Å². The number of aryl methyl sites for hydroxylation is 1. The normalized spacial score (nSPS) is 11.5. The second-order valence-electron chi connectivity index (χ2n) is 5.44. The Morgan fingerprint density at radius 2 is 1.92 bits per heavy atom. The Hall–Kier alpha value is -2.81. The lowest BCUT2D eigenvalue weighted by Gasteiger charge is -2.05. The third-order valence-electron chi connectivity index (χ3n) is 3.39. The predicted molar refractivity (Wildman–Crippen MR) is 87.5 cm³/mol. The summed E-state index contributed by atoms with van der Waals surface area (Å²) in [6, 6.07) is 10.1. The van der Waals surface area contributed by atoms with Gasteiger partial charge in [0.15, 0.2) is 11.6 Å². The second kappa shape index (κ2) is 6.60. The number of nitrogens with zero attached hydrogens (tertiary/aromatic N) is 3. The summed E-state index contributed by atoms with van der Waals surface area (Å²) in [6.07, 6.45) is 1.38. The number of aromatic nitrogens is 3. The van der Waals surface area contributed by atoms with Gasteiger partial charge in [0.2, 0.25) is 0 Å². The van der Waals surface area contributed by atoms with E-state index < -0.39 is 26.6 Å². The molecule has 3 aromatic rings. The molecule has 130 valence electrons. The molecule has 0 amide bonds. The fourth-order valence-electron chi connectivity index (χ4n) is 2.24. The summed E-state index contributed by atoms with van der Waals surface area (Å²) >= 11 is 0. The molecule has 0 bridgehead atoms. The predicted octanol–water partition coefficient (Wildman–Crippen LogP) is 2.71. The van der Waals surface area contributed by atoms with Gasteiger partial charge in [0, 0.05) is 0 Å². The van der Waals surface area contributed by atoms with Crippen molar-refractivity contribution in [2.45, 2.75) is 18.4 Å². The maximum absolute atomic E-state index is 13.2. The molecular formula is C16H14F2N4O2S. The Morgan fingerprint density at radius 3 is 2.64 bits per heavy atom. The van der Waals surface area contributed by atoms with Gasteiger partial charge >= 0.3 is 0 Å². The Bertz CT molecular complexity index is 1020. The zero-order chi connectivity index (χ0) is 18.0. The molecule has 0 saturated heterocycles. The molecule has 9 heteroatoms. The third-order valence-corrected chi connectivity index (χ3v) is 4.72. The highest BCUT2D eigenvalue weighted by Gasteiger charge is 2.18. The SMILES string of the molecule is Cc1cccc(Cn2cnc(NS(=O)(=O)c3ccc(F)c(F)c3)n2)c1. The standard InChI is InChI=1S/C16H14F2N4O2S/c1-11-3-2-4-12(7-11)9-22-10-19-16(20-22)21-25(23,24)13-5-6-14(17)15(18)8-13/h2-8,10H,9H2,1H3,(H,20,21). The van der Waals surface area contributed by atoms with Crippen LogP contribution in [0.4, 0.5) is 14.7 Å². The van der Waals surface area contributed by atoms with Crippen molar-refractivity contribution in [3.8, 4) is 0 Å². The lowest BCUT2D eigenvalue weighted by Crippen LogP contribution is -2.15. The zero-order valence-corrected chi connectivity index (χ0v) is 14.0. The summed E-state index contributed by atoms with van der Waals surface area (Å²) < 4.78 is 54.1. The van der Waals surface area contributed by atoms with Crippen LogP contribution in [-0.2, 0) is 16.6 Å². The number of benzene rings is 2. The van der Waals surface area contributed by atoms with E-state index in [1.165, 1.54) is 11.0 Å². The molecule has 1 aromatic heterocycles. The first kappa shape index (κ1) is 17.0. The molecule has 3 rings (SSSR count). The topological polar surface area (TPSA) is 76.9 Å².